The monoisotopic (exact) mass is 509 g/mol. The highest BCUT2D eigenvalue weighted by Gasteiger charge is 2.30. The van der Waals surface area contributed by atoms with E-state index in [1.165, 1.54) is 0 Å². The molecule has 8 heteroatoms. The zero-order valence-electron chi connectivity index (χ0n) is 21.7. The molecule has 0 saturated carbocycles. The molecule has 0 spiro atoms. The summed E-state index contributed by atoms with van der Waals surface area (Å²) in [6.45, 7) is 2.21. The summed E-state index contributed by atoms with van der Waals surface area (Å²) in [7, 11) is 3.61. The Kier molecular flexibility index (Phi) is 6.23. The van der Waals surface area contributed by atoms with Crippen LogP contribution in [-0.2, 0) is 13.5 Å². The highest BCUT2D eigenvalue weighted by Crippen LogP contribution is 2.29. The first kappa shape index (κ1) is 24.0. The Morgan fingerprint density at radius 3 is 2.68 bits per heavy atom. The molecule has 1 fully saturated rings. The summed E-state index contributed by atoms with van der Waals surface area (Å²) in [6, 6.07) is 17.5. The zero-order chi connectivity index (χ0) is 26.2. The number of nitrogens with one attached hydrogen (secondary N) is 1. The van der Waals surface area contributed by atoms with Crippen LogP contribution in [0.15, 0.2) is 67.0 Å². The minimum Gasteiger partial charge on any atom is -0.497 e. The predicted molar refractivity (Wildman–Crippen MR) is 148 cm³/mol. The summed E-state index contributed by atoms with van der Waals surface area (Å²) >= 11 is 0. The zero-order valence-corrected chi connectivity index (χ0v) is 21.7. The fourth-order valence-electron chi connectivity index (χ4n) is 5.72. The number of methoxy groups -OCH3 is 1. The van der Waals surface area contributed by atoms with Crippen molar-refractivity contribution in [2.45, 2.75) is 25.3 Å². The number of rotatable bonds is 5. The van der Waals surface area contributed by atoms with E-state index in [2.05, 4.69) is 15.2 Å². The van der Waals surface area contributed by atoms with Crippen molar-refractivity contribution in [3.63, 3.8) is 0 Å². The van der Waals surface area contributed by atoms with Crippen molar-refractivity contribution in [1.82, 2.24) is 14.5 Å². The van der Waals surface area contributed by atoms with Crippen LogP contribution in [0.1, 0.15) is 34.3 Å². The van der Waals surface area contributed by atoms with Crippen LogP contribution in [0.25, 0.3) is 10.9 Å². The third kappa shape index (κ3) is 4.36. The number of para-hydroxylation sites is 1. The smallest absolute Gasteiger partial charge is 0.322 e. The maximum absolute atomic E-state index is 13.5. The number of carbonyl (C=O) groups is 2. The van der Waals surface area contributed by atoms with Gasteiger partial charge in [-0.3, -0.25) is 4.79 Å². The number of ketones is 1. The lowest BCUT2D eigenvalue weighted by Gasteiger charge is -2.38. The van der Waals surface area contributed by atoms with Gasteiger partial charge >= 0.3 is 6.03 Å². The van der Waals surface area contributed by atoms with E-state index in [4.69, 9.17) is 4.74 Å². The van der Waals surface area contributed by atoms with Gasteiger partial charge in [0, 0.05) is 72.8 Å². The van der Waals surface area contributed by atoms with Crippen LogP contribution in [0, 0.1) is 0 Å². The van der Waals surface area contributed by atoms with Crippen LogP contribution in [-0.4, -0.2) is 59.1 Å². The lowest BCUT2D eigenvalue weighted by atomic mass is 10.0. The third-order valence-electron chi connectivity index (χ3n) is 7.82. The normalized spacial score (nSPS) is 16.2. The molecule has 2 aliphatic heterocycles. The second-order valence-corrected chi connectivity index (χ2v) is 10.0. The summed E-state index contributed by atoms with van der Waals surface area (Å²) in [5.74, 6) is 1.60. The number of fused-ring (bicyclic) bond motifs is 2. The maximum atomic E-state index is 13.5. The van der Waals surface area contributed by atoms with E-state index in [0.717, 1.165) is 66.1 Å². The SMILES string of the molecule is COc1ccc2c(c1)CCN(C1CCN(c3cc(C(=O)c4cn(C)c5ccccc45)ccn3)CC1)C(=O)N2. The van der Waals surface area contributed by atoms with Gasteiger partial charge in [0.15, 0.2) is 5.78 Å². The minimum atomic E-state index is -0.0480. The van der Waals surface area contributed by atoms with Crippen molar-refractivity contribution in [3.8, 4) is 5.75 Å². The van der Waals surface area contributed by atoms with Gasteiger partial charge in [-0.25, -0.2) is 9.78 Å². The molecule has 0 aliphatic carbocycles. The van der Waals surface area contributed by atoms with E-state index < -0.39 is 0 Å². The maximum Gasteiger partial charge on any atom is 0.322 e. The van der Waals surface area contributed by atoms with Crippen LogP contribution in [0.2, 0.25) is 0 Å². The largest absolute Gasteiger partial charge is 0.497 e. The van der Waals surface area contributed by atoms with E-state index in [9.17, 15) is 9.59 Å². The Morgan fingerprint density at radius 1 is 1.05 bits per heavy atom. The molecule has 1 saturated heterocycles. The average molecular weight is 510 g/mol. The summed E-state index contributed by atoms with van der Waals surface area (Å²) in [5, 5.41) is 4.03. The van der Waals surface area contributed by atoms with Crippen molar-refractivity contribution >= 4 is 34.2 Å². The van der Waals surface area contributed by atoms with Crippen LogP contribution >= 0.6 is 0 Å². The van der Waals surface area contributed by atoms with Gasteiger partial charge in [-0.1, -0.05) is 18.2 Å². The fraction of sp³-hybridized carbons (Fsp3) is 0.300. The summed E-state index contributed by atoms with van der Waals surface area (Å²) in [5.41, 5.74) is 4.31. The summed E-state index contributed by atoms with van der Waals surface area (Å²) in [6.07, 6.45) is 6.09. The van der Waals surface area contributed by atoms with Gasteiger partial charge in [-0.2, -0.15) is 0 Å². The topological polar surface area (TPSA) is 79.7 Å². The number of carbonyl (C=O) groups excluding carboxylic acids is 2. The van der Waals surface area contributed by atoms with Crippen LogP contribution < -0.4 is 15.0 Å². The second-order valence-electron chi connectivity index (χ2n) is 10.0. The molecule has 0 atom stereocenters. The third-order valence-corrected chi connectivity index (χ3v) is 7.82. The number of pyridine rings is 1. The van der Waals surface area contributed by atoms with Gasteiger partial charge in [0.1, 0.15) is 11.6 Å². The second kappa shape index (κ2) is 9.85. The van der Waals surface area contributed by atoms with Gasteiger partial charge in [0.05, 0.1) is 7.11 Å². The Balaban J connectivity index is 1.14. The molecule has 2 aliphatic rings. The number of nitrogens with zero attached hydrogens (tertiary/aromatic N) is 4. The first-order chi connectivity index (χ1) is 18.5. The van der Waals surface area contributed by atoms with Crippen LogP contribution in [0.4, 0.5) is 16.3 Å². The average Bonchev–Trinajstić information content (AvgIpc) is 3.20. The minimum absolute atomic E-state index is 0.00206. The molecule has 4 aromatic rings. The quantitative estimate of drug-likeness (QED) is 0.388. The Bertz CT molecular complexity index is 1520. The molecule has 2 aromatic heterocycles. The van der Waals surface area contributed by atoms with Gasteiger partial charge < -0.3 is 24.4 Å². The van der Waals surface area contributed by atoms with Crippen molar-refractivity contribution in [2.75, 3.05) is 37.0 Å². The van der Waals surface area contributed by atoms with Crippen LogP contribution in [0.5, 0.6) is 5.75 Å². The molecule has 38 heavy (non-hydrogen) atoms. The standard InChI is InChI=1S/C30H31N5O3/c1-33-19-25(24-5-3-4-6-27(24)33)29(36)21-9-13-31-28(18-21)34-14-11-22(12-15-34)35-16-10-20-17-23(38-2)7-8-26(20)32-30(35)37/h3-9,13,17-19,22H,10-12,14-16H2,1-2H3,(H,32,37). The molecular weight excluding hydrogens is 478 g/mol. The number of anilines is 2. The Morgan fingerprint density at radius 2 is 1.87 bits per heavy atom. The Labute approximate surface area is 221 Å². The van der Waals surface area contributed by atoms with Crippen molar-refractivity contribution < 1.29 is 14.3 Å². The molecule has 0 radical (unpaired) electrons. The van der Waals surface area contributed by atoms with Crippen molar-refractivity contribution in [3.05, 3.63) is 83.7 Å². The molecule has 0 unspecified atom stereocenters. The highest BCUT2D eigenvalue weighted by molar-refractivity contribution is 6.16. The van der Waals surface area contributed by atoms with Gasteiger partial charge in [0.25, 0.3) is 0 Å². The lowest BCUT2D eigenvalue weighted by molar-refractivity contribution is 0.104. The molecule has 4 heterocycles. The number of hydrogen-bond donors (Lipinski definition) is 1. The van der Waals surface area contributed by atoms with E-state index in [1.54, 1.807) is 19.4 Å². The van der Waals surface area contributed by atoms with E-state index >= 15 is 0 Å². The molecule has 6 rings (SSSR count). The molecule has 2 aromatic carbocycles. The van der Waals surface area contributed by atoms with E-state index in [-0.39, 0.29) is 17.9 Å². The Hall–Kier alpha value is -4.33. The number of ether oxygens (including phenoxy) is 1. The summed E-state index contributed by atoms with van der Waals surface area (Å²) in [4.78, 5) is 35.3. The fourth-order valence-corrected chi connectivity index (χ4v) is 5.72. The predicted octanol–water partition coefficient (Wildman–Crippen LogP) is 4.87. The number of amides is 2. The van der Waals surface area contributed by atoms with Crippen molar-refractivity contribution in [1.29, 1.82) is 0 Å². The molecule has 8 nitrogen and oxygen atoms in total. The van der Waals surface area contributed by atoms with Crippen molar-refractivity contribution in [2.24, 2.45) is 7.05 Å². The number of aromatic nitrogens is 2. The number of aryl methyl sites for hydroxylation is 1. The van der Waals surface area contributed by atoms with Gasteiger partial charge in [-0.15, -0.1) is 0 Å². The van der Waals surface area contributed by atoms with Gasteiger partial charge in [-0.05, 0) is 61.2 Å². The molecule has 194 valence electrons. The number of hydrogen-bond acceptors (Lipinski definition) is 5. The highest BCUT2D eigenvalue weighted by atomic mass is 16.5. The molecule has 2 amide bonds. The molecule has 0 bridgehead atoms. The molecule has 1 N–H and O–H groups in total. The number of urea groups is 1. The molecular formula is C30H31N5O3. The number of benzene rings is 2. The van der Waals surface area contributed by atoms with Crippen LogP contribution in [0.3, 0.4) is 0 Å². The lowest BCUT2D eigenvalue weighted by Crippen LogP contribution is -2.49. The first-order valence-corrected chi connectivity index (χ1v) is 13.1. The van der Waals surface area contributed by atoms with Gasteiger partial charge in [0.2, 0.25) is 0 Å². The first-order valence-electron chi connectivity index (χ1n) is 13.1. The van der Waals surface area contributed by atoms with E-state index in [1.807, 2.05) is 71.2 Å². The summed E-state index contributed by atoms with van der Waals surface area (Å²) < 4.78 is 7.34. The number of piperidine rings is 1. The van der Waals surface area contributed by atoms with E-state index in [0.29, 0.717) is 17.7 Å².